The number of aliphatic hydroxyl groups is 1. The molecule has 1 aliphatic rings. The second-order valence-electron chi connectivity index (χ2n) is 7.57. The van der Waals surface area contributed by atoms with Crippen LogP contribution in [0.3, 0.4) is 0 Å². The molecule has 1 aliphatic heterocycles. The zero-order valence-corrected chi connectivity index (χ0v) is 18.4. The Balaban J connectivity index is 2.07. The molecule has 1 heterocycles. The average molecular weight is 457 g/mol. The molecule has 2 aromatic rings. The van der Waals surface area contributed by atoms with Crippen molar-refractivity contribution in [2.24, 2.45) is 0 Å². The Hall–Kier alpha value is -2.44. The predicted molar refractivity (Wildman–Crippen MR) is 118 cm³/mol. The molecule has 1 fully saturated rings. The van der Waals surface area contributed by atoms with Gasteiger partial charge in [-0.2, -0.15) is 0 Å². The summed E-state index contributed by atoms with van der Waals surface area (Å²) in [5.41, 5.74) is 2.56. The van der Waals surface area contributed by atoms with E-state index in [-0.39, 0.29) is 11.3 Å². The fraction of sp³-hybridized carbons (Fsp3) is 0.304. The standard InChI is InChI=1S/C23H25BrN2O3/c1-15-5-7-16(8-6-15)20-19(21(27)17-9-11-18(24)12-10-17)22(28)23(29)26(20)14-4-13-25(2)3/h5-12,20,27H,4,13-14H2,1-3H3/t20-/m1/s1. The monoisotopic (exact) mass is 456 g/mol. The van der Waals surface area contributed by atoms with E-state index >= 15 is 0 Å². The number of ketones is 1. The third-order valence-electron chi connectivity index (χ3n) is 5.06. The molecule has 152 valence electrons. The van der Waals surface area contributed by atoms with E-state index in [1.165, 1.54) is 0 Å². The molecule has 0 spiro atoms. The number of rotatable bonds is 6. The van der Waals surface area contributed by atoms with Gasteiger partial charge in [-0.05, 0) is 51.7 Å². The van der Waals surface area contributed by atoms with Crippen molar-refractivity contribution in [3.8, 4) is 0 Å². The number of halogens is 1. The van der Waals surface area contributed by atoms with Crippen LogP contribution in [0.4, 0.5) is 0 Å². The third-order valence-corrected chi connectivity index (χ3v) is 5.58. The van der Waals surface area contributed by atoms with Gasteiger partial charge in [0.05, 0.1) is 11.6 Å². The van der Waals surface area contributed by atoms with E-state index < -0.39 is 17.7 Å². The van der Waals surface area contributed by atoms with Gasteiger partial charge < -0.3 is 14.9 Å². The number of amides is 1. The molecule has 1 saturated heterocycles. The Morgan fingerprint density at radius 1 is 1.07 bits per heavy atom. The van der Waals surface area contributed by atoms with Gasteiger partial charge in [-0.3, -0.25) is 9.59 Å². The average Bonchev–Trinajstić information content (AvgIpc) is 2.93. The van der Waals surface area contributed by atoms with Gasteiger partial charge >= 0.3 is 0 Å². The molecule has 1 N–H and O–H groups in total. The minimum atomic E-state index is -0.638. The number of hydrogen-bond donors (Lipinski definition) is 1. The van der Waals surface area contributed by atoms with Crippen LogP contribution in [-0.4, -0.2) is 53.8 Å². The normalized spacial score (nSPS) is 18.7. The maximum absolute atomic E-state index is 12.9. The summed E-state index contributed by atoms with van der Waals surface area (Å²) in [5, 5.41) is 11.0. The van der Waals surface area contributed by atoms with Crippen LogP contribution >= 0.6 is 15.9 Å². The minimum Gasteiger partial charge on any atom is -0.507 e. The van der Waals surface area contributed by atoms with Gasteiger partial charge in [0.15, 0.2) is 0 Å². The van der Waals surface area contributed by atoms with Crippen molar-refractivity contribution in [1.29, 1.82) is 0 Å². The van der Waals surface area contributed by atoms with Crippen LogP contribution in [0.25, 0.3) is 5.76 Å². The molecule has 1 atom stereocenters. The molecule has 0 radical (unpaired) electrons. The number of carbonyl (C=O) groups is 2. The molecule has 5 nitrogen and oxygen atoms in total. The summed E-state index contributed by atoms with van der Waals surface area (Å²) in [6.07, 6.45) is 0.737. The van der Waals surface area contributed by atoms with Gasteiger partial charge in [0.25, 0.3) is 11.7 Å². The molecular weight excluding hydrogens is 432 g/mol. The van der Waals surface area contributed by atoms with Gasteiger partial charge in [0.2, 0.25) is 0 Å². The fourth-order valence-corrected chi connectivity index (χ4v) is 3.79. The molecule has 0 aliphatic carbocycles. The lowest BCUT2D eigenvalue weighted by molar-refractivity contribution is -0.139. The van der Waals surface area contributed by atoms with Crippen molar-refractivity contribution in [1.82, 2.24) is 9.80 Å². The van der Waals surface area contributed by atoms with E-state index in [1.807, 2.05) is 50.2 Å². The summed E-state index contributed by atoms with van der Waals surface area (Å²) in [4.78, 5) is 29.4. The molecule has 0 bridgehead atoms. The molecule has 1 amide bonds. The van der Waals surface area contributed by atoms with Gasteiger partial charge in [0, 0.05) is 16.6 Å². The van der Waals surface area contributed by atoms with Crippen LogP contribution in [-0.2, 0) is 9.59 Å². The minimum absolute atomic E-state index is 0.142. The molecule has 29 heavy (non-hydrogen) atoms. The van der Waals surface area contributed by atoms with Crippen LogP contribution in [0, 0.1) is 6.92 Å². The smallest absolute Gasteiger partial charge is 0.295 e. The number of likely N-dealkylation sites (tertiary alicyclic amines) is 1. The van der Waals surface area contributed by atoms with Crippen molar-refractivity contribution in [2.45, 2.75) is 19.4 Å². The van der Waals surface area contributed by atoms with Crippen molar-refractivity contribution in [2.75, 3.05) is 27.2 Å². The number of benzene rings is 2. The number of Topliss-reactive ketones (excluding diaryl/α,β-unsaturated/α-hetero) is 1. The van der Waals surface area contributed by atoms with Gasteiger partial charge in [-0.25, -0.2) is 0 Å². The second-order valence-corrected chi connectivity index (χ2v) is 8.48. The van der Waals surface area contributed by atoms with Crippen molar-refractivity contribution < 1.29 is 14.7 Å². The highest BCUT2D eigenvalue weighted by molar-refractivity contribution is 9.10. The first kappa shape index (κ1) is 21.3. The van der Waals surface area contributed by atoms with Crippen LogP contribution in [0.15, 0.2) is 58.6 Å². The number of nitrogens with zero attached hydrogens (tertiary/aromatic N) is 2. The summed E-state index contributed by atoms with van der Waals surface area (Å²) < 4.78 is 0.869. The Labute approximate surface area is 179 Å². The zero-order chi connectivity index (χ0) is 21.1. The largest absolute Gasteiger partial charge is 0.507 e. The quantitative estimate of drug-likeness (QED) is 0.403. The number of hydrogen-bond acceptors (Lipinski definition) is 4. The summed E-state index contributed by atoms with van der Waals surface area (Å²) in [6.45, 7) is 3.23. The zero-order valence-electron chi connectivity index (χ0n) is 16.9. The summed E-state index contributed by atoms with van der Waals surface area (Å²) in [7, 11) is 3.94. The first-order valence-corrected chi connectivity index (χ1v) is 10.3. The van der Waals surface area contributed by atoms with E-state index in [2.05, 4.69) is 15.9 Å². The first-order chi connectivity index (χ1) is 13.8. The highest BCUT2D eigenvalue weighted by Gasteiger charge is 2.45. The molecule has 6 heteroatoms. The maximum atomic E-state index is 12.9. The SMILES string of the molecule is Cc1ccc([C@@H]2C(=C(O)c3ccc(Br)cc3)C(=O)C(=O)N2CCCN(C)C)cc1. The van der Waals surface area contributed by atoms with E-state index in [9.17, 15) is 14.7 Å². The summed E-state index contributed by atoms with van der Waals surface area (Å²) in [5.74, 6) is -1.34. The predicted octanol–water partition coefficient (Wildman–Crippen LogP) is 4.13. The molecule has 2 aromatic carbocycles. The Bertz CT molecular complexity index is 934. The van der Waals surface area contributed by atoms with Crippen molar-refractivity contribution >= 4 is 33.4 Å². The first-order valence-electron chi connectivity index (χ1n) is 9.55. The lowest BCUT2D eigenvalue weighted by Gasteiger charge is -2.26. The number of aliphatic hydroxyl groups excluding tert-OH is 1. The van der Waals surface area contributed by atoms with Gasteiger partial charge in [-0.1, -0.05) is 57.9 Å². The maximum Gasteiger partial charge on any atom is 0.295 e. The van der Waals surface area contributed by atoms with E-state index in [4.69, 9.17) is 0 Å². The molecular formula is C23H25BrN2O3. The fourth-order valence-electron chi connectivity index (χ4n) is 3.53. The Morgan fingerprint density at radius 3 is 2.28 bits per heavy atom. The number of aryl methyl sites for hydroxylation is 1. The van der Waals surface area contributed by atoms with Crippen molar-refractivity contribution in [3.05, 3.63) is 75.3 Å². The molecule has 0 saturated carbocycles. The second kappa shape index (κ2) is 8.93. The van der Waals surface area contributed by atoms with Crippen LogP contribution in [0.1, 0.15) is 29.2 Å². The summed E-state index contributed by atoms with van der Waals surface area (Å²) >= 11 is 3.37. The number of carbonyl (C=O) groups excluding carboxylic acids is 2. The summed E-state index contributed by atoms with van der Waals surface area (Å²) in [6, 6.07) is 14.2. The van der Waals surface area contributed by atoms with Crippen LogP contribution in [0.2, 0.25) is 0 Å². The van der Waals surface area contributed by atoms with E-state index in [0.29, 0.717) is 12.1 Å². The molecule has 0 aromatic heterocycles. The van der Waals surface area contributed by atoms with E-state index in [0.717, 1.165) is 28.6 Å². The van der Waals surface area contributed by atoms with Gasteiger partial charge in [-0.15, -0.1) is 0 Å². The van der Waals surface area contributed by atoms with Crippen LogP contribution in [0.5, 0.6) is 0 Å². The highest BCUT2D eigenvalue weighted by atomic mass is 79.9. The van der Waals surface area contributed by atoms with Gasteiger partial charge in [0.1, 0.15) is 5.76 Å². The highest BCUT2D eigenvalue weighted by Crippen LogP contribution is 2.39. The van der Waals surface area contributed by atoms with Crippen molar-refractivity contribution in [3.63, 3.8) is 0 Å². The Morgan fingerprint density at radius 2 is 1.69 bits per heavy atom. The van der Waals surface area contributed by atoms with E-state index in [1.54, 1.807) is 29.2 Å². The lowest BCUT2D eigenvalue weighted by Crippen LogP contribution is -2.32. The molecule has 3 rings (SSSR count). The third kappa shape index (κ3) is 4.60. The topological polar surface area (TPSA) is 60.9 Å². The lowest BCUT2D eigenvalue weighted by atomic mass is 9.94. The Kier molecular flexibility index (Phi) is 6.55. The molecule has 0 unspecified atom stereocenters. The van der Waals surface area contributed by atoms with Crippen LogP contribution < -0.4 is 0 Å².